The third kappa shape index (κ3) is 7.04. The fourth-order valence-electron chi connectivity index (χ4n) is 2.42. The van der Waals surface area contributed by atoms with Gasteiger partial charge in [-0.1, -0.05) is 60.2 Å². The van der Waals surface area contributed by atoms with Gasteiger partial charge in [-0.05, 0) is 31.9 Å². The van der Waals surface area contributed by atoms with Crippen LogP contribution in [0.4, 0.5) is 0 Å². The smallest absolute Gasteiger partial charge is 0.191 e. The van der Waals surface area contributed by atoms with Gasteiger partial charge < -0.3 is 15.7 Å². The molecule has 0 amide bonds. The lowest BCUT2D eigenvalue weighted by Gasteiger charge is -2.19. The van der Waals surface area contributed by atoms with Crippen LogP contribution in [-0.2, 0) is 0 Å². The minimum Gasteiger partial charge on any atom is -0.386 e. The first-order valence-electron chi connectivity index (χ1n) is 8.44. The molecule has 2 aromatic carbocycles. The maximum Gasteiger partial charge on any atom is 0.191 e. The van der Waals surface area contributed by atoms with Crippen LogP contribution in [0, 0.1) is 6.92 Å². The first-order valence-corrected chi connectivity index (χ1v) is 8.44. The number of nitrogens with zero attached hydrogens (tertiary/aromatic N) is 1. The van der Waals surface area contributed by atoms with Crippen LogP contribution >= 0.6 is 24.0 Å². The first-order chi connectivity index (χ1) is 11.6. The number of rotatable bonds is 6. The Morgan fingerprint density at radius 1 is 1.04 bits per heavy atom. The third-order valence-electron chi connectivity index (χ3n) is 3.88. The quantitative estimate of drug-likeness (QED) is 0.353. The lowest BCUT2D eigenvalue weighted by Crippen LogP contribution is -2.39. The second-order valence-corrected chi connectivity index (χ2v) is 5.92. The molecular formula is C20H28IN3O. The summed E-state index contributed by atoms with van der Waals surface area (Å²) in [6.45, 7) is 7.25. The molecule has 0 aromatic heterocycles. The third-order valence-corrected chi connectivity index (χ3v) is 3.88. The zero-order valence-electron chi connectivity index (χ0n) is 15.1. The molecule has 2 aromatic rings. The van der Waals surface area contributed by atoms with Crippen molar-refractivity contribution in [1.29, 1.82) is 0 Å². The molecule has 0 saturated heterocycles. The maximum atomic E-state index is 10.3. The van der Waals surface area contributed by atoms with Gasteiger partial charge in [0.15, 0.2) is 5.96 Å². The SMILES string of the molecule is CCNC(=NCC(O)c1ccc(C)cc1)NC(C)c1ccccc1.I. The molecular weight excluding hydrogens is 425 g/mol. The Hall–Kier alpha value is -1.60. The van der Waals surface area contributed by atoms with Crippen LogP contribution in [0.15, 0.2) is 59.6 Å². The molecule has 0 aliphatic rings. The maximum absolute atomic E-state index is 10.3. The van der Waals surface area contributed by atoms with Crippen molar-refractivity contribution >= 4 is 29.9 Å². The van der Waals surface area contributed by atoms with E-state index < -0.39 is 6.10 Å². The van der Waals surface area contributed by atoms with Crippen molar-refractivity contribution in [3.63, 3.8) is 0 Å². The molecule has 2 rings (SSSR count). The molecule has 0 fully saturated rings. The van der Waals surface area contributed by atoms with Crippen LogP contribution < -0.4 is 10.6 Å². The molecule has 0 bridgehead atoms. The van der Waals surface area contributed by atoms with Crippen LogP contribution in [-0.4, -0.2) is 24.2 Å². The Labute approximate surface area is 167 Å². The monoisotopic (exact) mass is 453 g/mol. The summed E-state index contributed by atoms with van der Waals surface area (Å²) in [6.07, 6.45) is -0.604. The highest BCUT2D eigenvalue weighted by molar-refractivity contribution is 14.0. The molecule has 0 heterocycles. The number of benzene rings is 2. The summed E-state index contributed by atoms with van der Waals surface area (Å²) in [4.78, 5) is 4.52. The second-order valence-electron chi connectivity index (χ2n) is 5.92. The van der Waals surface area contributed by atoms with Gasteiger partial charge in [0.25, 0.3) is 0 Å². The lowest BCUT2D eigenvalue weighted by molar-refractivity contribution is 0.187. The van der Waals surface area contributed by atoms with Crippen LogP contribution in [0.3, 0.4) is 0 Å². The van der Waals surface area contributed by atoms with E-state index in [4.69, 9.17) is 0 Å². The number of aliphatic hydroxyl groups excluding tert-OH is 1. The van der Waals surface area contributed by atoms with E-state index in [0.29, 0.717) is 12.5 Å². The molecule has 0 aliphatic heterocycles. The molecule has 0 spiro atoms. The number of halogens is 1. The summed E-state index contributed by atoms with van der Waals surface area (Å²) < 4.78 is 0. The molecule has 2 atom stereocenters. The number of aryl methyl sites for hydroxylation is 1. The lowest BCUT2D eigenvalue weighted by atomic mass is 10.1. The average Bonchev–Trinajstić information content (AvgIpc) is 2.61. The number of hydrogen-bond acceptors (Lipinski definition) is 2. The number of nitrogens with one attached hydrogen (secondary N) is 2. The summed E-state index contributed by atoms with van der Waals surface area (Å²) in [5.41, 5.74) is 3.26. The molecule has 0 saturated carbocycles. The molecule has 136 valence electrons. The van der Waals surface area contributed by atoms with Crippen LogP contribution in [0.5, 0.6) is 0 Å². The normalized spacial score (nSPS) is 13.5. The zero-order chi connectivity index (χ0) is 17.4. The minimum absolute atomic E-state index is 0. The van der Waals surface area contributed by atoms with Gasteiger partial charge in [-0.25, -0.2) is 0 Å². The predicted octanol–water partition coefficient (Wildman–Crippen LogP) is 3.96. The van der Waals surface area contributed by atoms with Gasteiger partial charge in [-0.15, -0.1) is 24.0 Å². The van der Waals surface area contributed by atoms with E-state index in [9.17, 15) is 5.11 Å². The van der Waals surface area contributed by atoms with Crippen LogP contribution in [0.25, 0.3) is 0 Å². The fourth-order valence-corrected chi connectivity index (χ4v) is 2.42. The topological polar surface area (TPSA) is 56.7 Å². The van der Waals surface area contributed by atoms with Crippen molar-refractivity contribution in [2.45, 2.75) is 32.9 Å². The highest BCUT2D eigenvalue weighted by atomic mass is 127. The van der Waals surface area contributed by atoms with Crippen molar-refractivity contribution in [3.05, 3.63) is 71.3 Å². The number of hydrogen-bond donors (Lipinski definition) is 3. The predicted molar refractivity (Wildman–Crippen MR) is 116 cm³/mol. The van der Waals surface area contributed by atoms with Crippen LogP contribution in [0.2, 0.25) is 0 Å². The largest absolute Gasteiger partial charge is 0.386 e. The summed E-state index contributed by atoms with van der Waals surface area (Å²) in [5.74, 6) is 0.708. The van der Waals surface area contributed by atoms with E-state index in [0.717, 1.165) is 12.1 Å². The van der Waals surface area contributed by atoms with Crippen molar-refractivity contribution in [2.24, 2.45) is 4.99 Å². The van der Waals surface area contributed by atoms with Crippen molar-refractivity contribution in [3.8, 4) is 0 Å². The van der Waals surface area contributed by atoms with E-state index in [1.54, 1.807) is 0 Å². The van der Waals surface area contributed by atoms with Gasteiger partial charge >= 0.3 is 0 Å². The zero-order valence-corrected chi connectivity index (χ0v) is 17.4. The molecule has 25 heavy (non-hydrogen) atoms. The Morgan fingerprint density at radius 3 is 2.28 bits per heavy atom. The highest BCUT2D eigenvalue weighted by Crippen LogP contribution is 2.14. The summed E-state index contributed by atoms with van der Waals surface area (Å²) in [7, 11) is 0. The summed E-state index contributed by atoms with van der Waals surface area (Å²) in [5, 5.41) is 16.9. The van der Waals surface area contributed by atoms with Crippen molar-refractivity contribution in [2.75, 3.05) is 13.1 Å². The Bertz CT molecular complexity index is 644. The second kappa shape index (κ2) is 11.1. The van der Waals surface area contributed by atoms with E-state index >= 15 is 0 Å². The molecule has 3 N–H and O–H groups in total. The first kappa shape index (κ1) is 21.4. The molecule has 2 unspecified atom stereocenters. The van der Waals surface area contributed by atoms with Gasteiger partial charge in [0, 0.05) is 6.54 Å². The molecule has 5 heteroatoms. The summed E-state index contributed by atoms with van der Waals surface area (Å²) >= 11 is 0. The highest BCUT2D eigenvalue weighted by Gasteiger charge is 2.10. The van der Waals surface area contributed by atoms with Gasteiger partial charge in [0.1, 0.15) is 0 Å². The molecule has 0 radical (unpaired) electrons. The van der Waals surface area contributed by atoms with Gasteiger partial charge in [-0.3, -0.25) is 4.99 Å². The molecule has 4 nitrogen and oxygen atoms in total. The van der Waals surface area contributed by atoms with E-state index in [2.05, 4.69) is 34.7 Å². The standard InChI is InChI=1S/C20H27N3O.HI/c1-4-21-20(23-16(3)17-8-6-5-7-9-17)22-14-19(24)18-12-10-15(2)11-13-18;/h5-13,16,19,24H,4,14H2,1-3H3,(H2,21,22,23);1H. The average molecular weight is 453 g/mol. The van der Waals surface area contributed by atoms with Gasteiger partial charge in [0.05, 0.1) is 18.7 Å². The van der Waals surface area contributed by atoms with E-state index in [1.807, 2.05) is 56.3 Å². The van der Waals surface area contributed by atoms with E-state index in [1.165, 1.54) is 11.1 Å². The number of aliphatic hydroxyl groups is 1. The van der Waals surface area contributed by atoms with Gasteiger partial charge in [-0.2, -0.15) is 0 Å². The summed E-state index contributed by atoms with van der Waals surface area (Å²) in [6, 6.07) is 18.3. The van der Waals surface area contributed by atoms with E-state index in [-0.39, 0.29) is 30.0 Å². The van der Waals surface area contributed by atoms with Crippen molar-refractivity contribution < 1.29 is 5.11 Å². The van der Waals surface area contributed by atoms with Crippen LogP contribution in [0.1, 0.15) is 42.7 Å². The minimum atomic E-state index is -0.604. The fraction of sp³-hybridized carbons (Fsp3) is 0.350. The number of guanidine groups is 1. The Balaban J connectivity index is 0.00000312. The molecule has 0 aliphatic carbocycles. The van der Waals surface area contributed by atoms with Crippen molar-refractivity contribution in [1.82, 2.24) is 10.6 Å². The van der Waals surface area contributed by atoms with Gasteiger partial charge in [0.2, 0.25) is 0 Å². The Morgan fingerprint density at radius 2 is 1.68 bits per heavy atom. The number of aliphatic imine (C=N–C) groups is 1. The Kier molecular flexibility index (Phi) is 9.52.